The summed E-state index contributed by atoms with van der Waals surface area (Å²) in [6.07, 6.45) is -0.293. The highest BCUT2D eigenvalue weighted by molar-refractivity contribution is 5.50. The fourth-order valence-electron chi connectivity index (χ4n) is 2.53. The molecule has 1 atom stereocenters. The molecule has 1 aliphatic rings. The maximum atomic E-state index is 12.5. The lowest BCUT2D eigenvalue weighted by molar-refractivity contribution is -0.0512. The number of fused-ring (bicyclic) bond motifs is 1. The molecule has 0 saturated heterocycles. The summed E-state index contributed by atoms with van der Waals surface area (Å²) in [5.41, 5.74) is 1.87. The second-order valence-corrected chi connectivity index (χ2v) is 4.75. The summed E-state index contributed by atoms with van der Waals surface area (Å²) in [6.45, 7) is -2.37. The Morgan fingerprint density at radius 1 is 1.05 bits per heavy atom. The molecule has 110 valence electrons. The van der Waals surface area contributed by atoms with Crippen molar-refractivity contribution in [2.24, 2.45) is 0 Å². The van der Waals surface area contributed by atoms with Crippen LogP contribution < -0.4 is 9.47 Å². The van der Waals surface area contributed by atoms with Crippen LogP contribution in [-0.4, -0.2) is 18.3 Å². The van der Waals surface area contributed by atoms with Crippen LogP contribution in [0.25, 0.3) is 0 Å². The van der Waals surface area contributed by atoms with Gasteiger partial charge in [0, 0.05) is 17.5 Å². The molecule has 1 N–H and O–H groups in total. The first-order chi connectivity index (χ1) is 10.2. The maximum absolute atomic E-state index is 12.5. The lowest BCUT2D eigenvalue weighted by Crippen LogP contribution is -2.08. The summed E-state index contributed by atoms with van der Waals surface area (Å²) in [7, 11) is 0. The van der Waals surface area contributed by atoms with E-state index in [0.717, 1.165) is 12.0 Å². The summed E-state index contributed by atoms with van der Waals surface area (Å²) in [6, 6.07) is 11.7. The quantitative estimate of drug-likeness (QED) is 0.939. The van der Waals surface area contributed by atoms with E-state index < -0.39 is 12.7 Å². The summed E-state index contributed by atoms with van der Waals surface area (Å²) < 4.78 is 34.9. The van der Waals surface area contributed by atoms with E-state index in [1.165, 1.54) is 6.07 Å². The van der Waals surface area contributed by atoms with Crippen LogP contribution in [0.4, 0.5) is 8.78 Å². The van der Waals surface area contributed by atoms with Crippen molar-refractivity contribution in [3.63, 3.8) is 0 Å². The fraction of sp³-hybridized carbons (Fsp3) is 0.250. The summed E-state index contributed by atoms with van der Waals surface area (Å²) in [5.74, 6) is 0.604. The van der Waals surface area contributed by atoms with Gasteiger partial charge in [0.2, 0.25) is 0 Å². The van der Waals surface area contributed by atoms with E-state index in [1.54, 1.807) is 24.3 Å². The lowest BCUT2D eigenvalue weighted by Gasteiger charge is -2.18. The van der Waals surface area contributed by atoms with Crippen LogP contribution in [-0.2, 0) is 6.42 Å². The van der Waals surface area contributed by atoms with Crippen LogP contribution in [0.3, 0.4) is 0 Å². The standard InChI is InChI=1S/C16H14F2O3/c17-16(18)21-13-7-2-1-5-11(13)14(19)12-6-3-4-10-8-9-20-15(10)12/h1-7,14,16,19H,8-9H2. The van der Waals surface area contributed by atoms with Gasteiger partial charge < -0.3 is 14.6 Å². The Hall–Kier alpha value is -2.14. The molecule has 3 rings (SSSR count). The highest BCUT2D eigenvalue weighted by Crippen LogP contribution is 2.38. The Morgan fingerprint density at radius 2 is 1.81 bits per heavy atom. The molecule has 2 aromatic rings. The average Bonchev–Trinajstić information content (AvgIpc) is 2.95. The molecule has 1 aliphatic heterocycles. The van der Waals surface area contributed by atoms with Crippen molar-refractivity contribution >= 4 is 0 Å². The molecule has 1 unspecified atom stereocenters. The van der Waals surface area contributed by atoms with Crippen molar-refractivity contribution in [1.29, 1.82) is 0 Å². The predicted octanol–water partition coefficient (Wildman–Crippen LogP) is 3.30. The fourth-order valence-corrected chi connectivity index (χ4v) is 2.53. The van der Waals surface area contributed by atoms with Gasteiger partial charge in [-0.3, -0.25) is 0 Å². The largest absolute Gasteiger partial charge is 0.493 e. The van der Waals surface area contributed by atoms with Gasteiger partial charge in [-0.15, -0.1) is 0 Å². The van der Waals surface area contributed by atoms with E-state index in [9.17, 15) is 13.9 Å². The molecule has 0 saturated carbocycles. The molecule has 0 radical (unpaired) electrons. The minimum atomic E-state index is -2.93. The first-order valence-corrected chi connectivity index (χ1v) is 6.63. The first kappa shape index (κ1) is 13.8. The molecule has 0 aliphatic carbocycles. The van der Waals surface area contributed by atoms with Gasteiger partial charge in [0.05, 0.1) is 6.61 Å². The van der Waals surface area contributed by atoms with E-state index in [-0.39, 0.29) is 5.75 Å². The first-order valence-electron chi connectivity index (χ1n) is 6.63. The van der Waals surface area contributed by atoms with E-state index >= 15 is 0 Å². The number of benzene rings is 2. The van der Waals surface area contributed by atoms with Crippen molar-refractivity contribution in [2.75, 3.05) is 6.61 Å². The molecule has 2 aromatic carbocycles. The van der Waals surface area contributed by atoms with Crippen molar-refractivity contribution in [3.05, 3.63) is 59.2 Å². The molecule has 3 nitrogen and oxygen atoms in total. The average molecular weight is 292 g/mol. The summed E-state index contributed by atoms with van der Waals surface area (Å²) >= 11 is 0. The third-order valence-corrected chi connectivity index (χ3v) is 3.47. The number of halogens is 2. The molecule has 1 heterocycles. The number of ether oxygens (including phenoxy) is 2. The molecule has 0 bridgehead atoms. The maximum Gasteiger partial charge on any atom is 0.387 e. The van der Waals surface area contributed by atoms with E-state index in [0.29, 0.717) is 23.5 Å². The van der Waals surface area contributed by atoms with Crippen LogP contribution in [0.2, 0.25) is 0 Å². The van der Waals surface area contributed by atoms with Crippen LogP contribution in [0, 0.1) is 0 Å². The number of rotatable bonds is 4. The number of aliphatic hydroxyl groups excluding tert-OH is 1. The molecule has 5 heteroatoms. The van der Waals surface area contributed by atoms with Crippen molar-refractivity contribution < 1.29 is 23.4 Å². The lowest BCUT2D eigenvalue weighted by atomic mass is 9.97. The normalized spacial score (nSPS) is 14.7. The zero-order chi connectivity index (χ0) is 14.8. The molecular weight excluding hydrogens is 278 g/mol. The van der Waals surface area contributed by atoms with Gasteiger partial charge in [-0.2, -0.15) is 8.78 Å². The van der Waals surface area contributed by atoms with Gasteiger partial charge in [0.1, 0.15) is 17.6 Å². The van der Waals surface area contributed by atoms with Gasteiger partial charge >= 0.3 is 6.61 Å². The third kappa shape index (κ3) is 2.69. The van der Waals surface area contributed by atoms with Gasteiger partial charge in [-0.1, -0.05) is 36.4 Å². The van der Waals surface area contributed by atoms with Crippen molar-refractivity contribution in [3.8, 4) is 11.5 Å². The second-order valence-electron chi connectivity index (χ2n) is 4.75. The summed E-state index contributed by atoms with van der Waals surface area (Å²) in [4.78, 5) is 0. The van der Waals surface area contributed by atoms with E-state index in [2.05, 4.69) is 4.74 Å². The molecule has 0 fully saturated rings. The highest BCUT2D eigenvalue weighted by Gasteiger charge is 2.24. The minimum absolute atomic E-state index is 0.0319. The molecule has 0 aromatic heterocycles. The molecule has 21 heavy (non-hydrogen) atoms. The number of para-hydroxylation sites is 2. The van der Waals surface area contributed by atoms with Crippen LogP contribution in [0.1, 0.15) is 22.8 Å². The predicted molar refractivity (Wildman–Crippen MR) is 72.8 cm³/mol. The number of hydrogen-bond acceptors (Lipinski definition) is 3. The Bertz CT molecular complexity index is 643. The molecular formula is C16H14F2O3. The minimum Gasteiger partial charge on any atom is -0.493 e. The Morgan fingerprint density at radius 3 is 2.62 bits per heavy atom. The number of aliphatic hydroxyl groups is 1. The SMILES string of the molecule is OC(c1ccccc1OC(F)F)c1cccc2c1OCC2. The van der Waals surface area contributed by atoms with Crippen molar-refractivity contribution in [1.82, 2.24) is 0 Å². The zero-order valence-corrected chi connectivity index (χ0v) is 11.1. The Labute approximate surface area is 120 Å². The van der Waals surface area contributed by atoms with Gasteiger partial charge in [-0.25, -0.2) is 0 Å². The molecule has 0 spiro atoms. The Balaban J connectivity index is 2.00. The van der Waals surface area contributed by atoms with Crippen molar-refractivity contribution in [2.45, 2.75) is 19.1 Å². The second kappa shape index (κ2) is 5.69. The topological polar surface area (TPSA) is 38.7 Å². The number of alkyl halides is 2. The van der Waals surface area contributed by atoms with Crippen LogP contribution in [0.15, 0.2) is 42.5 Å². The highest BCUT2D eigenvalue weighted by atomic mass is 19.3. The van der Waals surface area contributed by atoms with Crippen LogP contribution in [0.5, 0.6) is 11.5 Å². The van der Waals surface area contributed by atoms with Gasteiger partial charge in [-0.05, 0) is 11.6 Å². The zero-order valence-electron chi connectivity index (χ0n) is 11.1. The molecule has 0 amide bonds. The Kier molecular flexibility index (Phi) is 3.75. The van der Waals surface area contributed by atoms with E-state index in [4.69, 9.17) is 4.74 Å². The smallest absolute Gasteiger partial charge is 0.387 e. The van der Waals surface area contributed by atoms with Crippen LogP contribution >= 0.6 is 0 Å². The number of hydrogen-bond donors (Lipinski definition) is 1. The van der Waals surface area contributed by atoms with Gasteiger partial charge in [0.25, 0.3) is 0 Å². The van der Waals surface area contributed by atoms with E-state index in [1.807, 2.05) is 12.1 Å². The summed E-state index contributed by atoms with van der Waals surface area (Å²) in [5, 5.41) is 10.5. The van der Waals surface area contributed by atoms with Gasteiger partial charge in [0.15, 0.2) is 0 Å². The monoisotopic (exact) mass is 292 g/mol. The third-order valence-electron chi connectivity index (χ3n) is 3.47.